The fraction of sp³-hybridized carbons (Fsp3) is 0.240. The second-order valence-electron chi connectivity index (χ2n) is 8.18. The Morgan fingerprint density at radius 1 is 1.09 bits per heavy atom. The Bertz CT molecular complexity index is 1440. The van der Waals surface area contributed by atoms with Gasteiger partial charge in [-0.2, -0.15) is 4.98 Å². The molecule has 7 nitrogen and oxygen atoms in total. The van der Waals surface area contributed by atoms with Crippen LogP contribution in [0.3, 0.4) is 0 Å². The molecule has 2 N–H and O–H groups in total. The molecule has 1 fully saturated rings. The minimum Gasteiger partial charge on any atom is -0.367 e. The average Bonchev–Trinajstić information content (AvgIpc) is 2.87. The highest BCUT2D eigenvalue weighted by Crippen LogP contribution is 2.26. The van der Waals surface area contributed by atoms with Crippen molar-refractivity contribution < 1.29 is 8.78 Å². The average molecular weight is 495 g/mol. The smallest absolute Gasteiger partial charge is 0.252 e. The number of pyridine rings is 1. The Labute approximate surface area is 205 Å². The van der Waals surface area contributed by atoms with Crippen molar-refractivity contribution in [2.24, 2.45) is 0 Å². The maximum absolute atomic E-state index is 14.8. The van der Waals surface area contributed by atoms with Crippen molar-refractivity contribution in [2.75, 3.05) is 42.7 Å². The molecule has 0 atom stereocenters. The van der Waals surface area contributed by atoms with E-state index in [1.165, 1.54) is 34.5 Å². The van der Waals surface area contributed by atoms with Gasteiger partial charge in [0.05, 0.1) is 12.2 Å². The number of aromatic nitrogens is 3. The molecular weight excluding hydrogens is 470 g/mol. The molecule has 2 aromatic carbocycles. The number of halogens is 2. The third-order valence-electron chi connectivity index (χ3n) is 6.00. The number of benzene rings is 2. The highest BCUT2D eigenvalue weighted by molar-refractivity contribution is 7.98. The first-order valence-electron chi connectivity index (χ1n) is 11.2. The lowest BCUT2D eigenvalue weighted by atomic mass is 10.2. The lowest BCUT2D eigenvalue weighted by Gasteiger charge is -2.29. The van der Waals surface area contributed by atoms with E-state index in [4.69, 9.17) is 0 Å². The largest absolute Gasteiger partial charge is 0.367 e. The van der Waals surface area contributed by atoms with Gasteiger partial charge in [0.25, 0.3) is 5.56 Å². The van der Waals surface area contributed by atoms with E-state index in [1.807, 2.05) is 17.2 Å². The van der Waals surface area contributed by atoms with E-state index in [1.54, 1.807) is 30.5 Å². The summed E-state index contributed by atoms with van der Waals surface area (Å²) in [4.78, 5) is 24.3. The fourth-order valence-corrected chi connectivity index (χ4v) is 4.83. The van der Waals surface area contributed by atoms with Crippen LogP contribution in [0.5, 0.6) is 0 Å². The van der Waals surface area contributed by atoms with Crippen molar-refractivity contribution in [3.63, 3.8) is 0 Å². The molecular formula is C25H24F2N6OS. The highest BCUT2D eigenvalue weighted by atomic mass is 32.2. The molecule has 1 aliphatic rings. The van der Waals surface area contributed by atoms with Gasteiger partial charge in [-0.15, -0.1) is 11.8 Å². The summed E-state index contributed by atoms with van der Waals surface area (Å²) in [5.74, 6) is -0.503. The van der Waals surface area contributed by atoms with E-state index in [0.29, 0.717) is 28.0 Å². The lowest BCUT2D eigenvalue weighted by Crippen LogP contribution is -2.43. The summed E-state index contributed by atoms with van der Waals surface area (Å²) in [6, 6.07) is 12.8. The van der Waals surface area contributed by atoms with Crippen molar-refractivity contribution >= 4 is 40.1 Å². The van der Waals surface area contributed by atoms with Crippen molar-refractivity contribution in [3.8, 4) is 0 Å². The summed E-state index contributed by atoms with van der Waals surface area (Å²) >= 11 is 1.41. The van der Waals surface area contributed by atoms with Crippen LogP contribution in [0.1, 0.15) is 5.56 Å². The van der Waals surface area contributed by atoms with E-state index < -0.39 is 0 Å². The van der Waals surface area contributed by atoms with Crippen LogP contribution in [0.25, 0.3) is 11.0 Å². The molecule has 3 heterocycles. The zero-order chi connectivity index (χ0) is 24.4. The number of hydrogen-bond donors (Lipinski definition) is 2. The quantitative estimate of drug-likeness (QED) is 0.393. The summed E-state index contributed by atoms with van der Waals surface area (Å²) < 4.78 is 30.9. The van der Waals surface area contributed by atoms with Crippen LogP contribution < -0.4 is 21.1 Å². The van der Waals surface area contributed by atoms with Crippen molar-refractivity contribution in [2.45, 2.75) is 11.4 Å². The number of nitrogens with zero attached hydrogens (tertiary/aromatic N) is 4. The maximum Gasteiger partial charge on any atom is 0.252 e. The van der Waals surface area contributed by atoms with Gasteiger partial charge >= 0.3 is 0 Å². The molecule has 10 heteroatoms. The molecule has 0 spiro atoms. The first-order valence-corrected chi connectivity index (χ1v) is 12.5. The molecule has 2 aromatic heterocycles. The second-order valence-corrected chi connectivity index (χ2v) is 9.03. The number of piperazine rings is 1. The van der Waals surface area contributed by atoms with Gasteiger partial charge in [-0.3, -0.25) is 9.36 Å². The van der Waals surface area contributed by atoms with Gasteiger partial charge in [-0.25, -0.2) is 13.8 Å². The fourth-order valence-electron chi connectivity index (χ4n) is 4.20. The molecule has 5 rings (SSSR count). The molecule has 180 valence electrons. The van der Waals surface area contributed by atoms with Gasteiger partial charge in [0.1, 0.15) is 17.3 Å². The van der Waals surface area contributed by atoms with E-state index in [2.05, 4.69) is 20.6 Å². The van der Waals surface area contributed by atoms with E-state index in [0.717, 1.165) is 31.1 Å². The summed E-state index contributed by atoms with van der Waals surface area (Å²) in [6.45, 7) is 3.16. The van der Waals surface area contributed by atoms with Crippen LogP contribution in [0, 0.1) is 11.6 Å². The van der Waals surface area contributed by atoms with Crippen LogP contribution >= 0.6 is 11.8 Å². The molecule has 0 unspecified atom stereocenters. The molecule has 0 radical (unpaired) electrons. The monoisotopic (exact) mass is 494 g/mol. The molecule has 4 aromatic rings. The zero-order valence-electron chi connectivity index (χ0n) is 19.1. The molecule has 0 aliphatic carbocycles. The van der Waals surface area contributed by atoms with Gasteiger partial charge in [-0.1, -0.05) is 6.07 Å². The highest BCUT2D eigenvalue weighted by Gasteiger charge is 2.16. The summed E-state index contributed by atoms with van der Waals surface area (Å²) in [5.41, 5.74) is 1.53. The number of rotatable bonds is 6. The number of nitrogens with one attached hydrogen (secondary N) is 2. The van der Waals surface area contributed by atoms with Crippen molar-refractivity contribution in [1.29, 1.82) is 0 Å². The normalized spacial score (nSPS) is 13.9. The van der Waals surface area contributed by atoms with E-state index in [-0.39, 0.29) is 29.7 Å². The number of hydrogen-bond acceptors (Lipinski definition) is 7. The Kier molecular flexibility index (Phi) is 6.65. The van der Waals surface area contributed by atoms with Crippen LogP contribution in [-0.2, 0) is 6.54 Å². The second kappa shape index (κ2) is 10.0. The number of thioether (sulfide) groups is 1. The van der Waals surface area contributed by atoms with Gasteiger partial charge in [-0.05, 0) is 42.7 Å². The summed E-state index contributed by atoms with van der Waals surface area (Å²) in [7, 11) is 0. The minimum absolute atomic E-state index is 0.0312. The zero-order valence-corrected chi connectivity index (χ0v) is 19.9. The molecule has 0 amide bonds. The predicted octanol–water partition coefficient (Wildman–Crippen LogP) is 3.99. The number of anilines is 3. The molecule has 1 aliphatic heterocycles. The van der Waals surface area contributed by atoms with Gasteiger partial charge in [0.2, 0.25) is 5.95 Å². The van der Waals surface area contributed by atoms with Crippen LogP contribution in [0.4, 0.5) is 26.1 Å². The SMILES string of the molecule is CSc1cccc(F)c1Cn1c(=O)ccc2cnc(Nc3ccc(N4CCNCC4)c(F)c3)nc21. The van der Waals surface area contributed by atoms with Crippen LogP contribution in [0.15, 0.2) is 64.4 Å². The van der Waals surface area contributed by atoms with Crippen LogP contribution in [-0.4, -0.2) is 47.0 Å². The third kappa shape index (κ3) is 4.85. The van der Waals surface area contributed by atoms with E-state index in [9.17, 15) is 13.6 Å². The maximum atomic E-state index is 14.8. The predicted molar refractivity (Wildman–Crippen MR) is 136 cm³/mol. The molecule has 0 bridgehead atoms. The minimum atomic E-state index is -0.381. The third-order valence-corrected chi connectivity index (χ3v) is 6.82. The lowest BCUT2D eigenvalue weighted by molar-refractivity contribution is 0.566. The Balaban J connectivity index is 1.47. The topological polar surface area (TPSA) is 75.1 Å². The summed E-state index contributed by atoms with van der Waals surface area (Å²) in [6.07, 6.45) is 3.45. The van der Waals surface area contributed by atoms with Crippen molar-refractivity contribution in [1.82, 2.24) is 19.9 Å². The molecule has 35 heavy (non-hydrogen) atoms. The Morgan fingerprint density at radius 3 is 2.69 bits per heavy atom. The Morgan fingerprint density at radius 2 is 1.91 bits per heavy atom. The van der Waals surface area contributed by atoms with E-state index >= 15 is 0 Å². The number of fused-ring (bicyclic) bond motifs is 1. The first kappa shape index (κ1) is 23.3. The standard InChI is InChI=1S/C25H24F2N6OS/c1-35-22-4-2-3-19(26)18(22)15-33-23(34)8-5-16-14-29-25(31-24(16)33)30-17-6-7-21(20(27)13-17)32-11-9-28-10-12-32/h2-8,13-14,28H,9-12,15H2,1H3,(H,29,30,31). The Hall–Kier alpha value is -3.50. The van der Waals surface area contributed by atoms with Gasteiger partial charge in [0.15, 0.2) is 0 Å². The summed E-state index contributed by atoms with van der Waals surface area (Å²) in [5, 5.41) is 6.92. The first-order chi connectivity index (χ1) is 17.0. The van der Waals surface area contributed by atoms with Gasteiger partial charge in [0, 0.05) is 60.0 Å². The van der Waals surface area contributed by atoms with Gasteiger partial charge < -0.3 is 15.5 Å². The van der Waals surface area contributed by atoms with Crippen LogP contribution in [0.2, 0.25) is 0 Å². The molecule has 1 saturated heterocycles. The molecule has 0 saturated carbocycles. The van der Waals surface area contributed by atoms with Crippen molar-refractivity contribution in [3.05, 3.63) is 82.3 Å².